The van der Waals surface area contributed by atoms with Crippen LogP contribution in [0.15, 0.2) is 0 Å². The van der Waals surface area contributed by atoms with Crippen molar-refractivity contribution in [3.63, 3.8) is 0 Å². The average molecular weight is 190 g/mol. The summed E-state index contributed by atoms with van der Waals surface area (Å²) in [4.78, 5) is 0. The van der Waals surface area contributed by atoms with E-state index in [4.69, 9.17) is 9.16 Å². The molecule has 3 heteroatoms. The van der Waals surface area contributed by atoms with E-state index in [1.807, 2.05) is 0 Å². The van der Waals surface area contributed by atoms with Crippen LogP contribution in [0.1, 0.15) is 47.0 Å². The van der Waals surface area contributed by atoms with Gasteiger partial charge in [0, 0.05) is 0 Å². The lowest BCUT2D eigenvalue weighted by molar-refractivity contribution is -0.167. The monoisotopic (exact) mass is 190 g/mol. The molecule has 0 aliphatic rings. The molecular weight excluding hydrogens is 168 g/mol. The molecule has 0 saturated carbocycles. The van der Waals surface area contributed by atoms with E-state index in [0.717, 1.165) is 29.7 Å². The van der Waals surface area contributed by atoms with Crippen LogP contribution in [0.2, 0.25) is 0 Å². The maximum Gasteiger partial charge on any atom is 0.149 e. The van der Waals surface area contributed by atoms with Crippen molar-refractivity contribution in [3.8, 4) is 0 Å². The van der Waals surface area contributed by atoms with Gasteiger partial charge in [-0.05, 0) is 26.2 Å². The molecule has 0 aromatic rings. The summed E-state index contributed by atoms with van der Waals surface area (Å²) in [6.45, 7) is 8.55. The molecule has 0 saturated heterocycles. The van der Waals surface area contributed by atoms with Crippen molar-refractivity contribution in [1.82, 2.24) is 0 Å². The van der Waals surface area contributed by atoms with Crippen molar-refractivity contribution in [3.05, 3.63) is 0 Å². The molecular formula is C9H22O2Si. The zero-order valence-corrected chi connectivity index (χ0v) is 11.0. The summed E-state index contributed by atoms with van der Waals surface area (Å²) in [5, 5.41) is 0. The highest BCUT2D eigenvalue weighted by molar-refractivity contribution is 5.98. The van der Waals surface area contributed by atoms with E-state index < -0.39 is 0 Å². The second-order valence-corrected chi connectivity index (χ2v) is 3.82. The van der Waals surface area contributed by atoms with Crippen molar-refractivity contribution in [1.29, 1.82) is 0 Å². The molecule has 0 aromatic carbocycles. The Bertz CT molecular complexity index is 109. The second kappa shape index (κ2) is 5.73. The van der Waals surface area contributed by atoms with Crippen LogP contribution in [0.3, 0.4) is 0 Å². The van der Waals surface area contributed by atoms with Crippen LogP contribution in [0.5, 0.6) is 0 Å². The van der Waals surface area contributed by atoms with E-state index in [1.165, 1.54) is 0 Å². The molecule has 0 heterocycles. The van der Waals surface area contributed by atoms with Crippen molar-refractivity contribution in [2.24, 2.45) is 0 Å². The Hall–Kier alpha value is 0.137. The SMILES string of the molecule is CCC(O[SiH3])OC(C)(CC)CC. The van der Waals surface area contributed by atoms with Gasteiger partial charge in [0.1, 0.15) is 16.8 Å². The quantitative estimate of drug-likeness (QED) is 0.468. The molecule has 0 rings (SSSR count). The molecule has 0 aliphatic heterocycles. The lowest BCUT2D eigenvalue weighted by Gasteiger charge is -2.31. The fraction of sp³-hybridized carbons (Fsp3) is 1.00. The van der Waals surface area contributed by atoms with Gasteiger partial charge >= 0.3 is 0 Å². The summed E-state index contributed by atoms with van der Waals surface area (Å²) >= 11 is 0. The minimum Gasteiger partial charge on any atom is -0.404 e. The van der Waals surface area contributed by atoms with Gasteiger partial charge in [0.05, 0.1) is 5.60 Å². The Morgan fingerprint density at radius 1 is 1.25 bits per heavy atom. The fourth-order valence-corrected chi connectivity index (χ4v) is 1.46. The average Bonchev–Trinajstić information content (AvgIpc) is 2.14. The van der Waals surface area contributed by atoms with Gasteiger partial charge in [-0.3, -0.25) is 0 Å². The third kappa shape index (κ3) is 3.69. The number of hydrogen-bond acceptors (Lipinski definition) is 2. The standard InChI is InChI=1S/C9H22O2Si/c1-5-8(11-12)10-9(4,6-2)7-3/h8H,5-7H2,1-4,12H3. The Morgan fingerprint density at radius 2 is 1.75 bits per heavy atom. The van der Waals surface area contributed by atoms with Crippen LogP contribution in [0.4, 0.5) is 0 Å². The molecule has 74 valence electrons. The van der Waals surface area contributed by atoms with Crippen molar-refractivity contribution in [2.75, 3.05) is 0 Å². The third-order valence-electron chi connectivity index (χ3n) is 2.51. The first-order valence-corrected chi connectivity index (χ1v) is 5.64. The van der Waals surface area contributed by atoms with Gasteiger partial charge in [0.15, 0.2) is 0 Å². The summed E-state index contributed by atoms with van der Waals surface area (Å²) in [5.74, 6) is 0. The summed E-state index contributed by atoms with van der Waals surface area (Å²) in [6, 6.07) is 0. The molecule has 0 spiro atoms. The van der Waals surface area contributed by atoms with Crippen molar-refractivity contribution in [2.45, 2.75) is 58.8 Å². The predicted octanol–water partition coefficient (Wildman–Crippen LogP) is 1.61. The smallest absolute Gasteiger partial charge is 0.149 e. The Morgan fingerprint density at radius 3 is 2.00 bits per heavy atom. The molecule has 1 unspecified atom stereocenters. The molecule has 0 radical (unpaired) electrons. The van der Waals surface area contributed by atoms with E-state index >= 15 is 0 Å². The molecule has 12 heavy (non-hydrogen) atoms. The van der Waals surface area contributed by atoms with Crippen LogP contribution < -0.4 is 0 Å². The van der Waals surface area contributed by atoms with Crippen LogP contribution >= 0.6 is 0 Å². The zero-order chi connectivity index (χ0) is 9.61. The summed E-state index contributed by atoms with van der Waals surface area (Å²) in [6.07, 6.45) is 3.05. The highest BCUT2D eigenvalue weighted by Gasteiger charge is 2.23. The molecule has 1 atom stereocenters. The maximum absolute atomic E-state index is 5.85. The van der Waals surface area contributed by atoms with E-state index in [1.54, 1.807) is 0 Å². The van der Waals surface area contributed by atoms with Gasteiger partial charge in [0.2, 0.25) is 0 Å². The molecule has 0 fully saturated rings. The van der Waals surface area contributed by atoms with E-state index in [0.29, 0.717) is 0 Å². The van der Waals surface area contributed by atoms with Crippen LogP contribution in [0.25, 0.3) is 0 Å². The first-order chi connectivity index (χ1) is 5.61. The van der Waals surface area contributed by atoms with Crippen LogP contribution in [0, 0.1) is 0 Å². The normalized spacial score (nSPS) is 15.0. The predicted molar refractivity (Wildman–Crippen MR) is 55.2 cm³/mol. The van der Waals surface area contributed by atoms with Crippen LogP contribution in [-0.2, 0) is 9.16 Å². The highest BCUT2D eigenvalue weighted by Crippen LogP contribution is 2.22. The lowest BCUT2D eigenvalue weighted by atomic mass is 10.0. The Kier molecular flexibility index (Phi) is 5.79. The third-order valence-corrected chi connectivity index (χ3v) is 3.03. The van der Waals surface area contributed by atoms with E-state index in [2.05, 4.69) is 27.7 Å². The molecule has 2 nitrogen and oxygen atoms in total. The summed E-state index contributed by atoms with van der Waals surface area (Å²) < 4.78 is 11.2. The number of ether oxygens (including phenoxy) is 1. The molecule has 0 aromatic heterocycles. The minimum absolute atomic E-state index is 0.00505. The number of rotatable bonds is 6. The lowest BCUT2D eigenvalue weighted by Crippen LogP contribution is -2.33. The Balaban J connectivity index is 3.99. The van der Waals surface area contributed by atoms with Crippen molar-refractivity contribution >= 4 is 10.5 Å². The topological polar surface area (TPSA) is 18.5 Å². The van der Waals surface area contributed by atoms with Gasteiger partial charge in [-0.1, -0.05) is 20.8 Å². The fourth-order valence-electron chi connectivity index (χ4n) is 1.03. The molecule has 0 aliphatic carbocycles. The minimum atomic E-state index is 0.00505. The van der Waals surface area contributed by atoms with Crippen LogP contribution in [-0.4, -0.2) is 22.4 Å². The summed E-state index contributed by atoms with van der Waals surface area (Å²) in [7, 11) is 0.755. The second-order valence-electron chi connectivity index (χ2n) is 3.35. The summed E-state index contributed by atoms with van der Waals surface area (Å²) in [5.41, 5.74) is 0.00505. The van der Waals surface area contributed by atoms with E-state index in [-0.39, 0.29) is 11.9 Å². The van der Waals surface area contributed by atoms with E-state index in [9.17, 15) is 0 Å². The molecule has 0 amide bonds. The first-order valence-electron chi connectivity index (χ1n) is 4.82. The van der Waals surface area contributed by atoms with Gasteiger partial charge in [-0.15, -0.1) is 0 Å². The molecule has 0 N–H and O–H groups in total. The first kappa shape index (κ1) is 12.1. The van der Waals surface area contributed by atoms with Gasteiger partial charge in [0.25, 0.3) is 0 Å². The Labute approximate surface area is 79.2 Å². The zero-order valence-electron chi connectivity index (χ0n) is 9.02. The van der Waals surface area contributed by atoms with Crippen molar-refractivity contribution < 1.29 is 9.16 Å². The number of hydrogen-bond donors (Lipinski definition) is 0. The van der Waals surface area contributed by atoms with Gasteiger partial charge in [-0.2, -0.15) is 0 Å². The van der Waals surface area contributed by atoms with Gasteiger partial charge in [-0.25, -0.2) is 0 Å². The largest absolute Gasteiger partial charge is 0.404 e. The maximum atomic E-state index is 5.85. The molecule has 0 bridgehead atoms. The highest BCUT2D eigenvalue weighted by atomic mass is 28.2. The van der Waals surface area contributed by atoms with Gasteiger partial charge < -0.3 is 9.16 Å².